The van der Waals surface area contributed by atoms with Crippen LogP contribution in [-0.2, 0) is 19.1 Å². The molecule has 0 bridgehead atoms. The van der Waals surface area contributed by atoms with Gasteiger partial charge in [-0.15, -0.1) is 0 Å². The smallest absolute Gasteiger partial charge is 0.334 e. The summed E-state index contributed by atoms with van der Waals surface area (Å²) in [6, 6.07) is 0. The van der Waals surface area contributed by atoms with Crippen LogP contribution in [0.4, 0.5) is 0 Å². The molecule has 0 atom stereocenters. The van der Waals surface area contributed by atoms with E-state index in [2.05, 4.69) is 6.92 Å². The highest BCUT2D eigenvalue weighted by atomic mass is 16.5. The predicted molar refractivity (Wildman–Crippen MR) is 79.3 cm³/mol. The van der Waals surface area contributed by atoms with Gasteiger partial charge in [0.2, 0.25) is 0 Å². The summed E-state index contributed by atoms with van der Waals surface area (Å²) < 4.78 is 9.98. The summed E-state index contributed by atoms with van der Waals surface area (Å²) in [6.07, 6.45) is 6.08. The molecule has 0 aliphatic carbocycles. The molecule has 0 rings (SSSR count). The first-order chi connectivity index (χ1) is 9.58. The Hall–Kier alpha value is -1.32. The van der Waals surface area contributed by atoms with Crippen LogP contribution in [0, 0.1) is 0 Å². The third-order valence-corrected chi connectivity index (χ3v) is 3.09. The summed E-state index contributed by atoms with van der Waals surface area (Å²) in [5, 5.41) is 0. The van der Waals surface area contributed by atoms with Crippen LogP contribution in [0.1, 0.15) is 66.2 Å². The molecule has 20 heavy (non-hydrogen) atoms. The van der Waals surface area contributed by atoms with Gasteiger partial charge in [-0.3, -0.25) is 0 Å². The number of rotatable bonds is 10. The van der Waals surface area contributed by atoms with E-state index < -0.39 is 11.9 Å². The zero-order valence-corrected chi connectivity index (χ0v) is 13.3. The van der Waals surface area contributed by atoms with Gasteiger partial charge in [-0.25, -0.2) is 9.59 Å². The van der Waals surface area contributed by atoms with E-state index in [0.717, 1.165) is 19.3 Å². The van der Waals surface area contributed by atoms with Gasteiger partial charge in [0.1, 0.15) is 0 Å². The van der Waals surface area contributed by atoms with Crippen molar-refractivity contribution in [2.24, 2.45) is 0 Å². The first kappa shape index (κ1) is 18.7. The van der Waals surface area contributed by atoms with Crippen LogP contribution in [0.15, 0.2) is 11.1 Å². The maximum atomic E-state index is 11.9. The summed E-state index contributed by atoms with van der Waals surface area (Å²) in [6.45, 7) is 7.93. The van der Waals surface area contributed by atoms with E-state index in [-0.39, 0.29) is 0 Å². The van der Waals surface area contributed by atoms with E-state index in [9.17, 15) is 9.59 Å². The van der Waals surface area contributed by atoms with Crippen LogP contribution in [0.25, 0.3) is 0 Å². The summed E-state index contributed by atoms with van der Waals surface area (Å²) in [5.74, 6) is -0.822. The number of carbonyl (C=O) groups is 2. The largest absolute Gasteiger partial charge is 0.463 e. The average Bonchev–Trinajstić information content (AvgIpc) is 2.42. The second-order valence-electron chi connectivity index (χ2n) is 4.71. The molecule has 0 heterocycles. The molecule has 0 saturated heterocycles. The SMILES string of the molecule is CCCCCCCC(C(=O)OCC)=C(C)C(=O)OCC. The van der Waals surface area contributed by atoms with E-state index in [1.54, 1.807) is 20.8 Å². The first-order valence-electron chi connectivity index (χ1n) is 7.62. The Morgan fingerprint density at radius 2 is 1.35 bits per heavy atom. The molecular weight excluding hydrogens is 256 g/mol. The van der Waals surface area contributed by atoms with Crippen molar-refractivity contribution in [3.63, 3.8) is 0 Å². The Labute approximate surface area is 122 Å². The molecule has 0 spiro atoms. The molecule has 116 valence electrons. The fraction of sp³-hybridized carbons (Fsp3) is 0.750. The number of unbranched alkanes of at least 4 members (excludes halogenated alkanes) is 4. The van der Waals surface area contributed by atoms with Crippen LogP contribution in [0.2, 0.25) is 0 Å². The second kappa shape index (κ2) is 11.5. The normalized spacial score (nSPS) is 11.8. The molecule has 4 nitrogen and oxygen atoms in total. The van der Waals surface area contributed by atoms with Crippen LogP contribution in [0.3, 0.4) is 0 Å². The fourth-order valence-corrected chi connectivity index (χ4v) is 1.93. The molecule has 0 amide bonds. The highest BCUT2D eigenvalue weighted by molar-refractivity contribution is 5.99. The van der Waals surface area contributed by atoms with Gasteiger partial charge in [0.15, 0.2) is 0 Å². The quantitative estimate of drug-likeness (QED) is 0.348. The van der Waals surface area contributed by atoms with Gasteiger partial charge in [0.25, 0.3) is 0 Å². The van der Waals surface area contributed by atoms with Crippen molar-refractivity contribution in [3.05, 3.63) is 11.1 Å². The number of hydrogen-bond acceptors (Lipinski definition) is 4. The monoisotopic (exact) mass is 284 g/mol. The minimum Gasteiger partial charge on any atom is -0.463 e. The van der Waals surface area contributed by atoms with Crippen LogP contribution >= 0.6 is 0 Å². The third-order valence-electron chi connectivity index (χ3n) is 3.09. The fourth-order valence-electron chi connectivity index (χ4n) is 1.93. The van der Waals surface area contributed by atoms with E-state index >= 15 is 0 Å². The summed E-state index contributed by atoms with van der Waals surface area (Å²) in [7, 11) is 0. The summed E-state index contributed by atoms with van der Waals surface area (Å²) >= 11 is 0. The second-order valence-corrected chi connectivity index (χ2v) is 4.71. The Morgan fingerprint density at radius 1 is 0.800 bits per heavy atom. The molecule has 0 saturated carbocycles. The molecule has 0 unspecified atom stereocenters. The van der Waals surface area contributed by atoms with Crippen LogP contribution in [-0.4, -0.2) is 25.2 Å². The van der Waals surface area contributed by atoms with Crippen molar-refractivity contribution in [1.82, 2.24) is 0 Å². The van der Waals surface area contributed by atoms with Gasteiger partial charge in [-0.05, 0) is 33.6 Å². The van der Waals surface area contributed by atoms with E-state index in [1.165, 1.54) is 12.8 Å². The highest BCUT2D eigenvalue weighted by Crippen LogP contribution is 2.17. The van der Waals surface area contributed by atoms with E-state index in [0.29, 0.717) is 30.8 Å². The molecule has 0 aliphatic heterocycles. The lowest BCUT2D eigenvalue weighted by Gasteiger charge is -2.11. The number of ether oxygens (including phenoxy) is 2. The van der Waals surface area contributed by atoms with Crippen molar-refractivity contribution in [2.75, 3.05) is 13.2 Å². The zero-order valence-electron chi connectivity index (χ0n) is 13.3. The van der Waals surface area contributed by atoms with E-state index in [4.69, 9.17) is 9.47 Å². The maximum Gasteiger partial charge on any atom is 0.334 e. The van der Waals surface area contributed by atoms with E-state index in [1.807, 2.05) is 0 Å². The van der Waals surface area contributed by atoms with Crippen molar-refractivity contribution in [2.45, 2.75) is 66.2 Å². The summed E-state index contributed by atoms with van der Waals surface area (Å²) in [4.78, 5) is 23.7. The average molecular weight is 284 g/mol. The van der Waals surface area contributed by atoms with Gasteiger partial charge in [-0.1, -0.05) is 32.6 Å². The van der Waals surface area contributed by atoms with Crippen molar-refractivity contribution in [3.8, 4) is 0 Å². The molecule has 0 N–H and O–H groups in total. The predicted octanol–water partition coefficient (Wildman–Crippen LogP) is 3.79. The van der Waals surface area contributed by atoms with Crippen molar-refractivity contribution >= 4 is 11.9 Å². The molecule has 0 aliphatic rings. The van der Waals surface area contributed by atoms with Gasteiger partial charge in [-0.2, -0.15) is 0 Å². The Balaban J connectivity index is 4.67. The molecular formula is C16H28O4. The van der Waals surface area contributed by atoms with Crippen molar-refractivity contribution < 1.29 is 19.1 Å². The topological polar surface area (TPSA) is 52.6 Å². The first-order valence-corrected chi connectivity index (χ1v) is 7.62. The lowest BCUT2D eigenvalue weighted by Crippen LogP contribution is -2.15. The summed E-state index contributed by atoms with van der Waals surface area (Å²) in [5.41, 5.74) is 0.836. The Morgan fingerprint density at radius 3 is 1.90 bits per heavy atom. The third kappa shape index (κ3) is 7.31. The van der Waals surface area contributed by atoms with Crippen molar-refractivity contribution in [1.29, 1.82) is 0 Å². The van der Waals surface area contributed by atoms with Gasteiger partial charge in [0.05, 0.1) is 13.2 Å². The van der Waals surface area contributed by atoms with Gasteiger partial charge < -0.3 is 9.47 Å². The van der Waals surface area contributed by atoms with Crippen LogP contribution in [0.5, 0.6) is 0 Å². The minimum atomic E-state index is -0.427. The molecule has 0 aromatic heterocycles. The Bertz CT molecular complexity index is 331. The molecule has 0 aromatic rings. The molecule has 4 heteroatoms. The van der Waals surface area contributed by atoms with Gasteiger partial charge in [0, 0.05) is 11.1 Å². The lowest BCUT2D eigenvalue weighted by molar-refractivity contribution is -0.141. The van der Waals surface area contributed by atoms with Gasteiger partial charge >= 0.3 is 11.9 Å². The number of esters is 2. The lowest BCUT2D eigenvalue weighted by atomic mass is 10.0. The highest BCUT2D eigenvalue weighted by Gasteiger charge is 2.19. The number of hydrogen-bond donors (Lipinski definition) is 0. The minimum absolute atomic E-state index is 0.308. The zero-order chi connectivity index (χ0) is 15.4. The standard InChI is InChI=1S/C16H28O4/c1-5-8-9-10-11-12-14(16(18)20-7-3)13(4)15(17)19-6-2/h5-12H2,1-4H3. The number of carbonyl (C=O) groups excluding carboxylic acids is 2. The molecule has 0 fully saturated rings. The molecule has 0 radical (unpaired) electrons. The maximum absolute atomic E-state index is 11.9. The molecule has 0 aromatic carbocycles. The van der Waals surface area contributed by atoms with Crippen LogP contribution < -0.4 is 0 Å². The Kier molecular flexibility index (Phi) is 10.7.